The van der Waals surface area contributed by atoms with Crippen LogP contribution in [0.1, 0.15) is 21.6 Å². The number of hydrogen-bond acceptors (Lipinski definition) is 4. The van der Waals surface area contributed by atoms with E-state index >= 15 is 0 Å². The van der Waals surface area contributed by atoms with Gasteiger partial charge in [0.15, 0.2) is 11.5 Å². The van der Waals surface area contributed by atoms with Crippen molar-refractivity contribution >= 4 is 5.78 Å². The average Bonchev–Trinajstić information content (AvgIpc) is 2.95. The van der Waals surface area contributed by atoms with Crippen LogP contribution in [0.4, 0.5) is 0 Å². The van der Waals surface area contributed by atoms with E-state index in [1.54, 1.807) is 37.3 Å². The molecule has 0 amide bonds. The monoisotopic (exact) mass is 338 g/mol. The van der Waals surface area contributed by atoms with E-state index in [-0.39, 0.29) is 16.9 Å². The number of para-hydroxylation sites is 1. The van der Waals surface area contributed by atoms with Gasteiger partial charge < -0.3 is 9.47 Å². The number of rotatable bonds is 5. The number of aromatic amines is 1. The molecule has 0 saturated carbocycles. The fourth-order valence-corrected chi connectivity index (χ4v) is 2.69. The van der Waals surface area contributed by atoms with Crippen molar-refractivity contribution in [3.05, 3.63) is 75.7 Å². The Morgan fingerprint density at radius 2 is 1.68 bits per heavy atom. The summed E-state index contributed by atoms with van der Waals surface area (Å²) in [5.74, 6) is 0.589. The molecule has 3 aromatic rings. The van der Waals surface area contributed by atoms with Crippen LogP contribution in [0.5, 0.6) is 11.5 Å². The third kappa shape index (κ3) is 2.94. The van der Waals surface area contributed by atoms with Crippen LogP contribution in [0.2, 0.25) is 0 Å². The van der Waals surface area contributed by atoms with E-state index in [9.17, 15) is 9.59 Å². The molecule has 0 radical (unpaired) electrons. The molecular formula is C19H18N2O4. The lowest BCUT2D eigenvalue weighted by Crippen LogP contribution is -2.20. The Bertz CT molecular complexity index is 971. The van der Waals surface area contributed by atoms with Gasteiger partial charge in [-0.15, -0.1) is 0 Å². The number of aryl methyl sites for hydroxylation is 1. The maximum atomic E-state index is 12.9. The Morgan fingerprint density at radius 3 is 2.32 bits per heavy atom. The van der Waals surface area contributed by atoms with Gasteiger partial charge in [0.1, 0.15) is 5.56 Å². The molecule has 1 aromatic heterocycles. The SMILES string of the molecule is COc1ccc(C(=O)c2c(C)[nH]n(-c3ccccc3)c2=O)cc1OC. The van der Waals surface area contributed by atoms with Crippen molar-refractivity contribution in [3.63, 3.8) is 0 Å². The Hall–Kier alpha value is -3.28. The van der Waals surface area contributed by atoms with Gasteiger partial charge in [0.2, 0.25) is 5.78 Å². The van der Waals surface area contributed by atoms with E-state index < -0.39 is 0 Å². The van der Waals surface area contributed by atoms with Gasteiger partial charge >= 0.3 is 0 Å². The molecule has 1 heterocycles. The molecule has 128 valence electrons. The first kappa shape index (κ1) is 16.6. The van der Waals surface area contributed by atoms with E-state index in [2.05, 4.69) is 5.10 Å². The van der Waals surface area contributed by atoms with Gasteiger partial charge in [0.25, 0.3) is 5.56 Å². The zero-order valence-electron chi connectivity index (χ0n) is 14.2. The number of H-pyrrole nitrogens is 1. The standard InChI is InChI=1S/C19H18N2O4/c1-12-17(19(23)21(20-12)14-7-5-4-6-8-14)18(22)13-9-10-15(24-2)16(11-13)25-3/h4-11,20H,1-3H3. The van der Waals surface area contributed by atoms with Crippen LogP contribution >= 0.6 is 0 Å². The summed E-state index contributed by atoms with van der Waals surface area (Å²) in [6, 6.07) is 13.9. The summed E-state index contributed by atoms with van der Waals surface area (Å²) >= 11 is 0. The summed E-state index contributed by atoms with van der Waals surface area (Å²) in [6.07, 6.45) is 0. The third-order valence-electron chi connectivity index (χ3n) is 3.96. The Morgan fingerprint density at radius 1 is 1.00 bits per heavy atom. The lowest BCUT2D eigenvalue weighted by Gasteiger charge is -2.08. The molecule has 25 heavy (non-hydrogen) atoms. The molecule has 0 unspecified atom stereocenters. The van der Waals surface area contributed by atoms with Gasteiger partial charge in [-0.2, -0.15) is 0 Å². The molecule has 2 aromatic carbocycles. The summed E-state index contributed by atoms with van der Waals surface area (Å²) in [5, 5.41) is 2.96. The van der Waals surface area contributed by atoms with Gasteiger partial charge in [-0.05, 0) is 37.3 Å². The van der Waals surface area contributed by atoms with Crippen LogP contribution in [0, 0.1) is 6.92 Å². The number of methoxy groups -OCH3 is 2. The van der Waals surface area contributed by atoms with E-state index in [0.717, 1.165) is 0 Å². The maximum Gasteiger partial charge on any atom is 0.282 e. The molecule has 6 nitrogen and oxygen atoms in total. The molecule has 0 saturated heterocycles. The van der Waals surface area contributed by atoms with Crippen LogP contribution < -0.4 is 15.0 Å². The number of hydrogen-bond donors (Lipinski definition) is 1. The van der Waals surface area contributed by atoms with Crippen LogP contribution in [-0.4, -0.2) is 29.8 Å². The van der Waals surface area contributed by atoms with E-state index in [0.29, 0.717) is 28.4 Å². The van der Waals surface area contributed by atoms with Gasteiger partial charge in [-0.3, -0.25) is 14.7 Å². The minimum absolute atomic E-state index is 0.107. The number of ether oxygens (including phenoxy) is 2. The third-order valence-corrected chi connectivity index (χ3v) is 3.96. The van der Waals surface area contributed by atoms with Crippen molar-refractivity contribution in [1.82, 2.24) is 9.78 Å². The first-order valence-electron chi connectivity index (χ1n) is 7.70. The van der Waals surface area contributed by atoms with Crippen molar-refractivity contribution in [1.29, 1.82) is 0 Å². The van der Waals surface area contributed by atoms with Gasteiger partial charge in [0.05, 0.1) is 19.9 Å². The highest BCUT2D eigenvalue weighted by atomic mass is 16.5. The number of ketones is 1. The largest absolute Gasteiger partial charge is 0.493 e. The number of aromatic nitrogens is 2. The van der Waals surface area contributed by atoms with Crippen molar-refractivity contribution in [2.45, 2.75) is 6.92 Å². The van der Waals surface area contributed by atoms with Gasteiger partial charge in [-0.1, -0.05) is 18.2 Å². The fourth-order valence-electron chi connectivity index (χ4n) is 2.69. The number of carbonyl (C=O) groups excluding carboxylic acids is 1. The highest BCUT2D eigenvalue weighted by Gasteiger charge is 2.22. The van der Waals surface area contributed by atoms with E-state index in [4.69, 9.17) is 9.47 Å². The molecule has 0 fully saturated rings. The normalized spacial score (nSPS) is 10.5. The highest BCUT2D eigenvalue weighted by Crippen LogP contribution is 2.28. The molecule has 0 aliphatic carbocycles. The van der Waals surface area contributed by atoms with Crippen molar-refractivity contribution < 1.29 is 14.3 Å². The molecule has 1 N–H and O–H groups in total. The summed E-state index contributed by atoms with van der Waals surface area (Å²) in [6.45, 7) is 1.70. The molecular weight excluding hydrogens is 320 g/mol. The second-order valence-electron chi connectivity index (χ2n) is 5.49. The molecule has 0 atom stereocenters. The second-order valence-corrected chi connectivity index (χ2v) is 5.49. The smallest absolute Gasteiger partial charge is 0.282 e. The van der Waals surface area contributed by atoms with Crippen molar-refractivity contribution in [2.75, 3.05) is 14.2 Å². The Balaban J connectivity index is 2.07. The molecule has 3 rings (SSSR count). The predicted molar refractivity (Wildman–Crippen MR) is 94.1 cm³/mol. The minimum Gasteiger partial charge on any atom is -0.493 e. The van der Waals surface area contributed by atoms with Crippen LogP contribution in [0.25, 0.3) is 5.69 Å². The summed E-state index contributed by atoms with van der Waals surface area (Å²) in [4.78, 5) is 25.6. The fraction of sp³-hybridized carbons (Fsp3) is 0.158. The van der Waals surface area contributed by atoms with Crippen LogP contribution in [0.3, 0.4) is 0 Å². The second kappa shape index (κ2) is 6.68. The number of carbonyl (C=O) groups is 1. The summed E-state index contributed by atoms with van der Waals surface area (Å²) in [7, 11) is 3.02. The number of benzene rings is 2. The summed E-state index contributed by atoms with van der Waals surface area (Å²) in [5.41, 5.74) is 1.26. The molecule has 0 aliphatic rings. The maximum absolute atomic E-state index is 12.9. The quantitative estimate of drug-likeness (QED) is 0.726. The van der Waals surface area contributed by atoms with Gasteiger partial charge in [0, 0.05) is 11.3 Å². The predicted octanol–water partition coefficient (Wildman–Crippen LogP) is 2.72. The molecule has 0 bridgehead atoms. The Labute approximate surface area is 144 Å². The molecule has 0 aliphatic heterocycles. The Kier molecular flexibility index (Phi) is 4.43. The number of nitrogens with one attached hydrogen (secondary N) is 1. The van der Waals surface area contributed by atoms with Crippen LogP contribution in [0.15, 0.2) is 53.3 Å². The van der Waals surface area contributed by atoms with Crippen molar-refractivity contribution in [2.24, 2.45) is 0 Å². The number of nitrogens with zero attached hydrogens (tertiary/aromatic N) is 1. The molecule has 6 heteroatoms. The first-order chi connectivity index (χ1) is 12.1. The minimum atomic E-state index is -0.386. The van der Waals surface area contributed by atoms with E-state index in [1.807, 2.05) is 18.2 Å². The lowest BCUT2D eigenvalue weighted by molar-refractivity contribution is 0.103. The highest BCUT2D eigenvalue weighted by molar-refractivity contribution is 6.09. The first-order valence-corrected chi connectivity index (χ1v) is 7.70. The molecule has 0 spiro atoms. The van der Waals surface area contributed by atoms with E-state index in [1.165, 1.54) is 18.9 Å². The zero-order valence-corrected chi connectivity index (χ0v) is 14.2. The van der Waals surface area contributed by atoms with Crippen LogP contribution in [-0.2, 0) is 0 Å². The summed E-state index contributed by atoms with van der Waals surface area (Å²) < 4.78 is 11.8. The topological polar surface area (TPSA) is 73.3 Å². The average molecular weight is 338 g/mol. The van der Waals surface area contributed by atoms with Crippen molar-refractivity contribution in [3.8, 4) is 17.2 Å². The lowest BCUT2D eigenvalue weighted by atomic mass is 10.0. The zero-order chi connectivity index (χ0) is 18.0. The van der Waals surface area contributed by atoms with Gasteiger partial charge in [-0.25, -0.2) is 4.68 Å².